The van der Waals surface area contributed by atoms with E-state index in [2.05, 4.69) is 13.8 Å². The van der Waals surface area contributed by atoms with Crippen molar-refractivity contribution in [3.05, 3.63) is 48.5 Å². The predicted molar refractivity (Wildman–Crippen MR) is 154 cm³/mol. The summed E-state index contributed by atoms with van der Waals surface area (Å²) < 4.78 is 41.8. The van der Waals surface area contributed by atoms with Crippen molar-refractivity contribution in [2.75, 3.05) is 52.9 Å². The Labute approximate surface area is 239 Å². The number of rotatable bonds is 12. The van der Waals surface area contributed by atoms with Crippen LogP contribution in [0.4, 0.5) is 0 Å². The van der Waals surface area contributed by atoms with Crippen molar-refractivity contribution in [3.63, 3.8) is 0 Å². The van der Waals surface area contributed by atoms with Gasteiger partial charge >= 0.3 is 5.97 Å². The molecule has 222 valence electrons. The van der Waals surface area contributed by atoms with Gasteiger partial charge in [0.25, 0.3) is 0 Å². The summed E-state index contributed by atoms with van der Waals surface area (Å²) in [6.07, 6.45) is 8.18. The topological polar surface area (TPSA) is 81.7 Å². The van der Waals surface area contributed by atoms with Crippen molar-refractivity contribution >= 4 is 5.97 Å². The number of benzene rings is 2. The second-order valence-corrected chi connectivity index (χ2v) is 9.99. The number of hydrogen-bond acceptors (Lipinski definition) is 8. The molecule has 0 aliphatic carbocycles. The van der Waals surface area contributed by atoms with Crippen molar-refractivity contribution in [2.24, 2.45) is 0 Å². The highest BCUT2D eigenvalue weighted by Gasteiger charge is 2.35. The number of hydrogen-bond donors (Lipinski definition) is 0. The standard InChI is InChI=1S/C32H46O8/c1-3-5-6-7-8-13-19-37-31(33)24-40-32(18-4-2)25-38-29-16-11-9-14-27(29)35-22-20-34-21-23-36-28-15-10-12-17-30(28)39-26-32/h9-12,14-17H,3-8,13,18-26H2,1-2H3. The predicted octanol–water partition coefficient (Wildman–Crippen LogP) is 6.39. The van der Waals surface area contributed by atoms with Gasteiger partial charge in [-0.15, -0.1) is 0 Å². The average molecular weight is 559 g/mol. The molecule has 0 unspecified atom stereocenters. The molecule has 0 aromatic heterocycles. The molecular weight excluding hydrogens is 512 g/mol. The molecular formula is C32H46O8. The Morgan fingerprint density at radius 2 is 1.23 bits per heavy atom. The summed E-state index contributed by atoms with van der Waals surface area (Å²) in [5.41, 5.74) is -0.908. The molecule has 0 atom stereocenters. The van der Waals surface area contributed by atoms with E-state index in [9.17, 15) is 4.79 Å². The Morgan fingerprint density at radius 1 is 0.700 bits per heavy atom. The molecule has 8 heteroatoms. The van der Waals surface area contributed by atoms with Gasteiger partial charge in [0.15, 0.2) is 23.0 Å². The van der Waals surface area contributed by atoms with E-state index in [1.54, 1.807) is 0 Å². The molecule has 0 spiro atoms. The quantitative estimate of drug-likeness (QED) is 0.219. The van der Waals surface area contributed by atoms with Crippen LogP contribution in [0, 0.1) is 0 Å². The van der Waals surface area contributed by atoms with Gasteiger partial charge in [-0.25, -0.2) is 4.79 Å². The van der Waals surface area contributed by atoms with Crippen LogP contribution < -0.4 is 18.9 Å². The van der Waals surface area contributed by atoms with Crippen LogP contribution in [0.25, 0.3) is 0 Å². The zero-order valence-corrected chi connectivity index (χ0v) is 24.2. The first-order valence-corrected chi connectivity index (χ1v) is 14.7. The van der Waals surface area contributed by atoms with E-state index in [-0.39, 0.29) is 25.8 Å². The van der Waals surface area contributed by atoms with Crippen molar-refractivity contribution in [2.45, 2.75) is 70.8 Å². The van der Waals surface area contributed by atoms with Crippen LogP contribution >= 0.6 is 0 Å². The lowest BCUT2D eigenvalue weighted by Crippen LogP contribution is -2.46. The third-order valence-electron chi connectivity index (χ3n) is 6.61. The first-order valence-electron chi connectivity index (χ1n) is 14.7. The maximum absolute atomic E-state index is 12.6. The molecule has 1 heterocycles. The summed E-state index contributed by atoms with van der Waals surface area (Å²) >= 11 is 0. The van der Waals surface area contributed by atoms with E-state index in [0.29, 0.717) is 62.5 Å². The fourth-order valence-electron chi connectivity index (χ4n) is 4.44. The highest BCUT2D eigenvalue weighted by molar-refractivity contribution is 5.70. The number of carbonyl (C=O) groups excluding carboxylic acids is 1. The fraction of sp³-hybridized carbons (Fsp3) is 0.594. The highest BCUT2D eigenvalue weighted by atomic mass is 16.6. The molecule has 40 heavy (non-hydrogen) atoms. The van der Waals surface area contributed by atoms with Gasteiger partial charge in [0.05, 0.1) is 19.8 Å². The molecule has 0 N–H and O–H groups in total. The number of para-hydroxylation sites is 4. The van der Waals surface area contributed by atoms with Crippen LogP contribution in [0.5, 0.6) is 23.0 Å². The van der Waals surface area contributed by atoms with E-state index in [1.807, 2.05) is 48.5 Å². The summed E-state index contributed by atoms with van der Waals surface area (Å²) in [6, 6.07) is 15.0. The highest BCUT2D eigenvalue weighted by Crippen LogP contribution is 2.32. The zero-order valence-electron chi connectivity index (χ0n) is 24.2. The van der Waals surface area contributed by atoms with Gasteiger partial charge in [0.2, 0.25) is 0 Å². The van der Waals surface area contributed by atoms with Crippen LogP contribution in [-0.2, 0) is 19.0 Å². The first kappa shape index (κ1) is 31.6. The van der Waals surface area contributed by atoms with Gasteiger partial charge in [0.1, 0.15) is 38.6 Å². The lowest BCUT2D eigenvalue weighted by atomic mass is 9.99. The minimum atomic E-state index is -0.908. The Balaban J connectivity index is 1.71. The molecule has 0 saturated carbocycles. The number of esters is 1. The molecule has 1 aliphatic heterocycles. The van der Waals surface area contributed by atoms with Crippen molar-refractivity contribution in [1.29, 1.82) is 0 Å². The van der Waals surface area contributed by atoms with Gasteiger partial charge in [-0.1, -0.05) is 76.6 Å². The fourth-order valence-corrected chi connectivity index (χ4v) is 4.44. The maximum atomic E-state index is 12.6. The monoisotopic (exact) mass is 558 g/mol. The van der Waals surface area contributed by atoms with Crippen LogP contribution in [0.2, 0.25) is 0 Å². The van der Waals surface area contributed by atoms with Crippen LogP contribution in [0.1, 0.15) is 65.2 Å². The van der Waals surface area contributed by atoms with E-state index in [4.69, 9.17) is 33.2 Å². The number of ether oxygens (including phenoxy) is 7. The third-order valence-corrected chi connectivity index (χ3v) is 6.61. The van der Waals surface area contributed by atoms with Crippen LogP contribution in [-0.4, -0.2) is 64.4 Å². The van der Waals surface area contributed by atoms with E-state index < -0.39 is 5.60 Å². The Morgan fingerprint density at radius 3 is 1.77 bits per heavy atom. The SMILES string of the molecule is CCCCCCCCOC(=O)COC1(CCC)COc2ccccc2OCCOCCOc2ccccc2OC1. The van der Waals surface area contributed by atoms with E-state index in [1.165, 1.54) is 25.7 Å². The molecule has 1 aliphatic rings. The van der Waals surface area contributed by atoms with Gasteiger partial charge in [-0.2, -0.15) is 0 Å². The van der Waals surface area contributed by atoms with Gasteiger partial charge < -0.3 is 33.2 Å². The minimum absolute atomic E-state index is 0.158. The molecule has 8 nitrogen and oxygen atoms in total. The molecule has 0 radical (unpaired) electrons. The number of unbranched alkanes of at least 4 members (excludes halogenated alkanes) is 5. The molecule has 3 rings (SSSR count). The smallest absolute Gasteiger partial charge is 0.332 e. The van der Waals surface area contributed by atoms with Crippen molar-refractivity contribution in [3.8, 4) is 23.0 Å². The molecule has 0 fully saturated rings. The Bertz CT molecular complexity index is 923. The average Bonchev–Trinajstić information content (AvgIpc) is 2.97. The lowest BCUT2D eigenvalue weighted by molar-refractivity contribution is -0.162. The summed E-state index contributed by atoms with van der Waals surface area (Å²) in [4.78, 5) is 12.6. The normalized spacial score (nSPS) is 15.8. The summed E-state index contributed by atoms with van der Waals surface area (Å²) in [5.74, 6) is 2.03. The lowest BCUT2D eigenvalue weighted by Gasteiger charge is -2.33. The van der Waals surface area contributed by atoms with Gasteiger partial charge in [0, 0.05) is 0 Å². The molecule has 2 aromatic rings. The number of carbonyl (C=O) groups is 1. The summed E-state index contributed by atoms with van der Waals surface area (Å²) in [5, 5.41) is 0. The van der Waals surface area contributed by atoms with Crippen molar-refractivity contribution in [1.82, 2.24) is 0 Å². The van der Waals surface area contributed by atoms with Gasteiger partial charge in [-0.3, -0.25) is 0 Å². The first-order chi connectivity index (χ1) is 19.7. The van der Waals surface area contributed by atoms with Gasteiger partial charge in [-0.05, 0) is 37.1 Å². The third kappa shape index (κ3) is 11.3. The maximum Gasteiger partial charge on any atom is 0.332 e. The summed E-state index contributed by atoms with van der Waals surface area (Å²) in [7, 11) is 0. The van der Waals surface area contributed by atoms with E-state index in [0.717, 1.165) is 19.3 Å². The molecule has 0 amide bonds. The largest absolute Gasteiger partial charge is 0.487 e. The second-order valence-electron chi connectivity index (χ2n) is 9.99. The molecule has 0 saturated heterocycles. The van der Waals surface area contributed by atoms with E-state index >= 15 is 0 Å². The zero-order chi connectivity index (χ0) is 28.3. The Hall–Kier alpha value is -2.97. The second kappa shape index (κ2) is 18.4. The number of fused-ring (bicyclic) bond motifs is 2. The Kier molecular flexibility index (Phi) is 14.5. The molecule has 0 bridgehead atoms. The van der Waals surface area contributed by atoms with Crippen LogP contribution in [0.15, 0.2) is 48.5 Å². The van der Waals surface area contributed by atoms with Crippen LogP contribution in [0.3, 0.4) is 0 Å². The molecule has 2 aromatic carbocycles. The van der Waals surface area contributed by atoms with Crippen molar-refractivity contribution < 1.29 is 38.0 Å². The minimum Gasteiger partial charge on any atom is -0.487 e. The summed E-state index contributed by atoms with van der Waals surface area (Å²) in [6.45, 7) is 6.38.